The molecule has 18 aromatic carbocycles. The Kier molecular flexibility index (Phi) is 25.7. The van der Waals surface area contributed by atoms with E-state index in [1.807, 2.05) is 182 Å². The lowest BCUT2D eigenvalue weighted by molar-refractivity contribution is 0.482. The molecule has 6 aromatic heterocycles. The predicted molar refractivity (Wildman–Crippen MR) is 600 cm³/mol. The van der Waals surface area contributed by atoms with Crippen molar-refractivity contribution in [3.63, 3.8) is 0 Å². The maximum atomic E-state index is 6.32. The van der Waals surface area contributed by atoms with Crippen LogP contribution >= 0.6 is 0 Å². The Hall–Kier alpha value is -18.6. The molecule has 24 aromatic rings. The van der Waals surface area contributed by atoms with Crippen molar-refractivity contribution in [3.05, 3.63) is 467 Å². The molecule has 0 saturated carbocycles. The van der Waals surface area contributed by atoms with Crippen LogP contribution in [0.2, 0.25) is 0 Å². The van der Waals surface area contributed by atoms with Crippen LogP contribution in [0.1, 0.15) is 66.8 Å². The molecular formula is C132H102N12O3. The minimum atomic E-state index is 0.736. The Morgan fingerprint density at radius 3 is 0.367 bits per heavy atom. The van der Waals surface area contributed by atoms with Gasteiger partial charge in [0.05, 0.1) is 135 Å². The first kappa shape index (κ1) is 93.4. The fourth-order valence-corrected chi connectivity index (χ4v) is 19.5. The molecule has 0 aliphatic rings. The SMILES string of the molecule is Cc1cc(C)c2nc(-c3ccc(Oc4ccc(-c5nc6c(C)cc(C)cc6nc5-c5ccccc5)cc4)cc3)c(-c3ccccc3)nc2c1.Cc1cc(C)c2nc(-c3ccccc3)c(-c3ccc(Oc4ccc(-c5nc6c(C)cc(C)cc6nc5-c5ccccc5)cc4)cc3)nc2c1.Cc1cc(C)c2nc(-c3ccccc3)c(-c3ccc(Oc4ccc(-c5nc6cc(C)cc(C)c6nc5-c5ccccc5)cc4)cc3)nc2c1. The van der Waals surface area contributed by atoms with Crippen molar-refractivity contribution >= 4 is 66.2 Å². The molecule has 708 valence electrons. The molecule has 6 heterocycles. The first-order valence-corrected chi connectivity index (χ1v) is 49.4. The molecule has 0 unspecified atom stereocenters. The third-order valence-electron chi connectivity index (χ3n) is 26.4. The number of ether oxygens (including phenoxy) is 3. The van der Waals surface area contributed by atoms with Crippen molar-refractivity contribution in [2.45, 2.75) is 83.1 Å². The summed E-state index contributed by atoms with van der Waals surface area (Å²) in [7, 11) is 0. The first-order valence-electron chi connectivity index (χ1n) is 49.4. The van der Waals surface area contributed by atoms with Gasteiger partial charge in [0.15, 0.2) is 0 Å². The van der Waals surface area contributed by atoms with Gasteiger partial charge < -0.3 is 14.2 Å². The Morgan fingerprint density at radius 1 is 0.122 bits per heavy atom. The van der Waals surface area contributed by atoms with Crippen LogP contribution in [0.4, 0.5) is 0 Å². The molecule has 0 N–H and O–H groups in total. The predicted octanol–water partition coefficient (Wildman–Crippen LogP) is 33.8. The van der Waals surface area contributed by atoms with E-state index in [9.17, 15) is 0 Å². The minimum absolute atomic E-state index is 0.736. The summed E-state index contributed by atoms with van der Waals surface area (Å²) < 4.78 is 19.0. The Morgan fingerprint density at radius 2 is 0.238 bits per heavy atom. The maximum absolute atomic E-state index is 6.32. The van der Waals surface area contributed by atoms with Gasteiger partial charge in [0, 0.05) is 66.8 Å². The smallest absolute Gasteiger partial charge is 0.127 e. The van der Waals surface area contributed by atoms with Crippen LogP contribution in [-0.2, 0) is 0 Å². The lowest BCUT2D eigenvalue weighted by atomic mass is 10.0. The van der Waals surface area contributed by atoms with Gasteiger partial charge in [-0.3, -0.25) is 0 Å². The largest absolute Gasteiger partial charge is 0.457 e. The number of nitrogens with zero attached hydrogens (tertiary/aromatic N) is 12. The van der Waals surface area contributed by atoms with E-state index in [0.29, 0.717) is 0 Å². The lowest BCUT2D eigenvalue weighted by Gasteiger charge is -2.14. The standard InChI is InChI=1S/3C44H34N4O/c1-27-24-30(4)40-37(25-27)45-41(31-11-7-5-8-12-31)44(48-40)34-17-21-36(22-18-34)49-35-19-15-33(16-20-35)42-43(32-13-9-6-10-14-32)47-39-29(3)23-28(2)26-38(39)46-42;1-27-23-29(3)39-37(25-27)45-41(43(47-39)31-11-7-5-8-12-31)33-15-19-35(20-16-33)49-36-21-17-34(18-22-36)42-44(32-13-9-6-10-14-32)48-40-30(4)24-28(2)26-38(40)46-42;1-27-23-29(3)39-37(25-27)45-41(31-11-7-5-8-12-31)43(47-39)33-15-19-35(20-16-33)49-36-21-17-34(18-22-36)44-42(32-13-9-6-10-14-32)46-38-26-28(2)24-30(4)40(38)48-44/h3*5-26H,1-4H3. The van der Waals surface area contributed by atoms with Crippen molar-refractivity contribution in [1.82, 2.24) is 59.8 Å². The summed E-state index contributed by atoms with van der Waals surface area (Å²) in [6.45, 7) is 25.1. The molecule has 0 radical (unpaired) electrons. The summed E-state index contributed by atoms with van der Waals surface area (Å²) in [5.41, 5.74) is 46.9. The normalized spacial score (nSPS) is 11.3. The van der Waals surface area contributed by atoms with Gasteiger partial charge in [-0.2, -0.15) is 0 Å². The van der Waals surface area contributed by atoms with Gasteiger partial charge >= 0.3 is 0 Å². The molecular weight excluding hydrogens is 1800 g/mol. The molecule has 24 rings (SSSR count). The highest BCUT2D eigenvalue weighted by atomic mass is 16.5. The van der Waals surface area contributed by atoms with E-state index in [-0.39, 0.29) is 0 Å². The fourth-order valence-electron chi connectivity index (χ4n) is 19.5. The molecule has 0 saturated heterocycles. The van der Waals surface area contributed by atoms with Crippen molar-refractivity contribution in [2.24, 2.45) is 0 Å². The highest BCUT2D eigenvalue weighted by molar-refractivity contribution is 5.96. The second-order valence-corrected chi connectivity index (χ2v) is 37.9. The van der Waals surface area contributed by atoms with E-state index in [2.05, 4.69) is 301 Å². The zero-order valence-electron chi connectivity index (χ0n) is 83.7. The average Bonchev–Trinajstić information content (AvgIpc) is 0.788. The van der Waals surface area contributed by atoms with Gasteiger partial charge in [-0.05, 0) is 332 Å². The molecule has 0 amide bonds. The van der Waals surface area contributed by atoms with E-state index in [0.717, 1.165) is 269 Å². The molecule has 0 aliphatic carbocycles. The molecule has 0 bridgehead atoms. The van der Waals surface area contributed by atoms with Crippen LogP contribution in [-0.4, -0.2) is 59.8 Å². The van der Waals surface area contributed by atoms with Crippen molar-refractivity contribution in [3.8, 4) is 170 Å². The van der Waals surface area contributed by atoms with Crippen LogP contribution < -0.4 is 14.2 Å². The molecule has 0 fully saturated rings. The van der Waals surface area contributed by atoms with Crippen LogP contribution in [0.25, 0.3) is 201 Å². The molecule has 0 spiro atoms. The summed E-state index contributed by atoms with van der Waals surface area (Å²) in [6.07, 6.45) is 0. The average molecular weight is 1900 g/mol. The van der Waals surface area contributed by atoms with Crippen molar-refractivity contribution in [1.29, 1.82) is 0 Å². The van der Waals surface area contributed by atoms with E-state index in [1.54, 1.807) is 0 Å². The summed E-state index contributed by atoms with van der Waals surface area (Å²) >= 11 is 0. The van der Waals surface area contributed by atoms with Crippen molar-refractivity contribution in [2.75, 3.05) is 0 Å². The number of aromatic nitrogens is 12. The first-order chi connectivity index (χ1) is 71.7. The Labute approximate surface area is 854 Å². The van der Waals surface area contributed by atoms with E-state index < -0.39 is 0 Å². The van der Waals surface area contributed by atoms with Gasteiger partial charge in [-0.15, -0.1) is 0 Å². The minimum Gasteiger partial charge on any atom is -0.457 e. The summed E-state index contributed by atoms with van der Waals surface area (Å²) in [5.74, 6) is 4.42. The van der Waals surface area contributed by atoms with Crippen LogP contribution in [0.3, 0.4) is 0 Å². The van der Waals surface area contributed by atoms with E-state index in [4.69, 9.17) is 74.0 Å². The zero-order chi connectivity index (χ0) is 100. The topological polar surface area (TPSA) is 182 Å². The monoisotopic (exact) mass is 1900 g/mol. The van der Waals surface area contributed by atoms with Crippen molar-refractivity contribution < 1.29 is 14.2 Å². The summed E-state index contributed by atoms with van der Waals surface area (Å²) in [4.78, 5) is 61.6. The number of hydrogen-bond donors (Lipinski definition) is 0. The van der Waals surface area contributed by atoms with E-state index in [1.165, 1.54) is 33.4 Å². The van der Waals surface area contributed by atoms with Gasteiger partial charge in [0.25, 0.3) is 0 Å². The number of fused-ring (bicyclic) bond motifs is 6. The quantitative estimate of drug-likeness (QED) is 0.0790. The molecule has 0 atom stereocenters. The number of rotatable bonds is 18. The molecule has 147 heavy (non-hydrogen) atoms. The third-order valence-corrected chi connectivity index (χ3v) is 26.4. The van der Waals surface area contributed by atoms with Crippen LogP contribution in [0.5, 0.6) is 34.5 Å². The van der Waals surface area contributed by atoms with Gasteiger partial charge in [0.2, 0.25) is 0 Å². The van der Waals surface area contributed by atoms with Gasteiger partial charge in [-0.1, -0.05) is 218 Å². The summed E-state index contributed by atoms with van der Waals surface area (Å²) in [6, 6.07) is 135. The highest BCUT2D eigenvalue weighted by Gasteiger charge is 2.25. The van der Waals surface area contributed by atoms with Crippen LogP contribution in [0, 0.1) is 83.1 Å². The third kappa shape index (κ3) is 19.9. The second kappa shape index (κ2) is 40.4. The number of aryl methyl sites for hydroxylation is 12. The molecule has 15 heteroatoms. The van der Waals surface area contributed by atoms with Gasteiger partial charge in [-0.25, -0.2) is 59.8 Å². The molecule has 15 nitrogen and oxygen atoms in total. The number of hydrogen-bond acceptors (Lipinski definition) is 15. The fraction of sp³-hybridized carbons (Fsp3) is 0.0909. The van der Waals surface area contributed by atoms with Gasteiger partial charge in [0.1, 0.15) is 34.5 Å². The second-order valence-electron chi connectivity index (χ2n) is 37.9. The Balaban J connectivity index is 0.000000125. The van der Waals surface area contributed by atoms with E-state index >= 15 is 0 Å². The zero-order valence-corrected chi connectivity index (χ0v) is 83.7. The highest BCUT2D eigenvalue weighted by Crippen LogP contribution is 2.44. The lowest BCUT2D eigenvalue weighted by Crippen LogP contribution is -1.98. The number of benzene rings is 18. The Bertz CT molecular complexity index is 8760. The maximum Gasteiger partial charge on any atom is 0.127 e. The molecule has 0 aliphatic heterocycles. The summed E-state index contributed by atoms with van der Waals surface area (Å²) in [5, 5.41) is 0. The van der Waals surface area contributed by atoms with Crippen LogP contribution in [0.15, 0.2) is 400 Å².